The fraction of sp³-hybridized carbons (Fsp3) is 0.286. The van der Waals surface area contributed by atoms with Crippen LogP contribution in [0.4, 0.5) is 0 Å². The number of rotatable bonds is 4. The number of aromatic amines is 1. The van der Waals surface area contributed by atoms with Crippen molar-refractivity contribution in [2.75, 3.05) is 26.2 Å². The van der Waals surface area contributed by atoms with Crippen LogP contribution in [0.25, 0.3) is 10.9 Å². The third kappa shape index (κ3) is 3.59. The minimum atomic E-state index is 0.226. The predicted octanol–water partition coefficient (Wildman–Crippen LogP) is 3.05. The number of benzene rings is 2. The molecule has 4 heteroatoms. The van der Waals surface area contributed by atoms with Gasteiger partial charge in [0.2, 0.25) is 5.91 Å². The Morgan fingerprint density at radius 1 is 0.920 bits per heavy atom. The largest absolute Gasteiger partial charge is 0.361 e. The van der Waals surface area contributed by atoms with Crippen molar-refractivity contribution in [3.8, 4) is 0 Å². The zero-order valence-electron chi connectivity index (χ0n) is 14.3. The lowest BCUT2D eigenvalue weighted by Gasteiger charge is -2.34. The van der Waals surface area contributed by atoms with Crippen LogP contribution < -0.4 is 0 Å². The van der Waals surface area contributed by atoms with E-state index in [9.17, 15) is 4.79 Å². The highest BCUT2D eigenvalue weighted by Gasteiger charge is 2.21. The van der Waals surface area contributed by atoms with Crippen molar-refractivity contribution in [2.45, 2.75) is 13.0 Å². The standard InChI is InChI=1S/C21H23N3O/c25-21(14-18-15-22-20-9-5-4-8-19(18)20)24-12-10-23(11-13-24)16-17-6-2-1-3-7-17/h1-9,15,22H,10-14,16H2. The number of nitrogens with zero attached hydrogens (tertiary/aromatic N) is 2. The topological polar surface area (TPSA) is 39.3 Å². The fourth-order valence-corrected chi connectivity index (χ4v) is 3.55. The molecule has 1 amide bonds. The molecule has 25 heavy (non-hydrogen) atoms. The Bertz CT molecular complexity index is 848. The summed E-state index contributed by atoms with van der Waals surface area (Å²) in [5.74, 6) is 0.226. The summed E-state index contributed by atoms with van der Waals surface area (Å²) in [5.41, 5.74) is 3.52. The fourth-order valence-electron chi connectivity index (χ4n) is 3.55. The van der Waals surface area contributed by atoms with Crippen molar-refractivity contribution in [3.63, 3.8) is 0 Å². The molecule has 1 aliphatic rings. The zero-order valence-corrected chi connectivity index (χ0v) is 14.3. The Kier molecular flexibility index (Phi) is 4.53. The Labute approximate surface area is 148 Å². The van der Waals surface area contributed by atoms with E-state index in [-0.39, 0.29) is 5.91 Å². The van der Waals surface area contributed by atoms with E-state index in [1.165, 1.54) is 5.56 Å². The van der Waals surface area contributed by atoms with Crippen LogP contribution in [-0.2, 0) is 17.8 Å². The molecule has 2 aromatic carbocycles. The van der Waals surface area contributed by atoms with Crippen LogP contribution in [0, 0.1) is 0 Å². The first kappa shape index (κ1) is 15.9. The van der Waals surface area contributed by atoms with E-state index in [1.54, 1.807) is 0 Å². The van der Waals surface area contributed by atoms with Gasteiger partial charge in [-0.25, -0.2) is 0 Å². The van der Waals surface area contributed by atoms with Crippen LogP contribution in [0.1, 0.15) is 11.1 Å². The van der Waals surface area contributed by atoms with Gasteiger partial charge in [0.05, 0.1) is 6.42 Å². The molecule has 1 saturated heterocycles. The van der Waals surface area contributed by atoms with E-state index in [1.807, 2.05) is 35.4 Å². The third-order valence-corrected chi connectivity index (χ3v) is 4.99. The minimum Gasteiger partial charge on any atom is -0.361 e. The van der Waals surface area contributed by atoms with Crippen LogP contribution in [0.3, 0.4) is 0 Å². The first-order chi connectivity index (χ1) is 12.3. The molecule has 4 rings (SSSR count). The second kappa shape index (κ2) is 7.11. The summed E-state index contributed by atoms with van der Waals surface area (Å²) in [6, 6.07) is 18.7. The number of carbonyl (C=O) groups excluding carboxylic acids is 1. The maximum absolute atomic E-state index is 12.7. The molecule has 0 saturated carbocycles. The normalized spacial score (nSPS) is 15.6. The average molecular weight is 333 g/mol. The van der Waals surface area contributed by atoms with E-state index >= 15 is 0 Å². The molecule has 1 aromatic heterocycles. The van der Waals surface area contributed by atoms with E-state index < -0.39 is 0 Å². The molecular weight excluding hydrogens is 310 g/mol. The van der Waals surface area contributed by atoms with Gasteiger partial charge in [-0.3, -0.25) is 9.69 Å². The molecular formula is C21H23N3O. The van der Waals surface area contributed by atoms with E-state index in [2.05, 4.69) is 40.2 Å². The second-order valence-corrected chi connectivity index (χ2v) is 6.68. The smallest absolute Gasteiger partial charge is 0.227 e. The summed E-state index contributed by atoms with van der Waals surface area (Å²) in [6.45, 7) is 4.47. The number of hydrogen-bond donors (Lipinski definition) is 1. The number of para-hydroxylation sites is 1. The summed E-state index contributed by atoms with van der Waals surface area (Å²) in [6.07, 6.45) is 2.44. The maximum atomic E-state index is 12.7. The molecule has 2 heterocycles. The van der Waals surface area contributed by atoms with Gasteiger partial charge in [0.25, 0.3) is 0 Å². The van der Waals surface area contributed by atoms with Gasteiger partial charge in [0.1, 0.15) is 0 Å². The van der Waals surface area contributed by atoms with E-state index in [4.69, 9.17) is 0 Å². The summed E-state index contributed by atoms with van der Waals surface area (Å²) < 4.78 is 0. The Morgan fingerprint density at radius 3 is 2.44 bits per heavy atom. The number of fused-ring (bicyclic) bond motifs is 1. The maximum Gasteiger partial charge on any atom is 0.227 e. The molecule has 3 aromatic rings. The molecule has 4 nitrogen and oxygen atoms in total. The zero-order chi connectivity index (χ0) is 17.1. The lowest BCUT2D eigenvalue weighted by atomic mass is 10.1. The lowest BCUT2D eigenvalue weighted by Crippen LogP contribution is -2.48. The van der Waals surface area contributed by atoms with Crippen LogP contribution >= 0.6 is 0 Å². The van der Waals surface area contributed by atoms with E-state index in [0.717, 1.165) is 49.2 Å². The molecule has 1 N–H and O–H groups in total. The van der Waals surface area contributed by atoms with Crippen molar-refractivity contribution in [1.29, 1.82) is 0 Å². The molecule has 0 bridgehead atoms. The Morgan fingerprint density at radius 2 is 1.64 bits per heavy atom. The van der Waals surface area contributed by atoms with Gasteiger partial charge < -0.3 is 9.88 Å². The number of hydrogen-bond acceptors (Lipinski definition) is 2. The van der Waals surface area contributed by atoms with Crippen molar-refractivity contribution in [3.05, 3.63) is 71.9 Å². The second-order valence-electron chi connectivity index (χ2n) is 6.68. The van der Waals surface area contributed by atoms with Gasteiger partial charge in [0.15, 0.2) is 0 Å². The highest BCUT2D eigenvalue weighted by molar-refractivity contribution is 5.88. The molecule has 1 fully saturated rings. The van der Waals surface area contributed by atoms with Crippen LogP contribution in [0.5, 0.6) is 0 Å². The quantitative estimate of drug-likeness (QED) is 0.797. The Hall–Kier alpha value is -2.59. The number of amides is 1. The van der Waals surface area contributed by atoms with Crippen LogP contribution in [0.2, 0.25) is 0 Å². The molecule has 128 valence electrons. The van der Waals surface area contributed by atoms with Crippen LogP contribution in [-0.4, -0.2) is 46.9 Å². The number of carbonyl (C=O) groups is 1. The van der Waals surface area contributed by atoms with Crippen molar-refractivity contribution < 1.29 is 4.79 Å². The summed E-state index contributed by atoms with van der Waals surface area (Å²) >= 11 is 0. The highest BCUT2D eigenvalue weighted by atomic mass is 16.2. The lowest BCUT2D eigenvalue weighted by molar-refractivity contribution is -0.132. The number of H-pyrrole nitrogens is 1. The monoisotopic (exact) mass is 333 g/mol. The SMILES string of the molecule is O=C(Cc1c[nH]c2ccccc12)N1CCN(Cc2ccccc2)CC1. The summed E-state index contributed by atoms with van der Waals surface area (Å²) in [4.78, 5) is 20.3. The predicted molar refractivity (Wildman–Crippen MR) is 100 cm³/mol. The molecule has 0 radical (unpaired) electrons. The minimum absolute atomic E-state index is 0.226. The summed E-state index contributed by atoms with van der Waals surface area (Å²) in [5, 5.41) is 1.15. The number of nitrogens with one attached hydrogen (secondary N) is 1. The van der Waals surface area contributed by atoms with E-state index in [0.29, 0.717) is 6.42 Å². The molecule has 0 unspecified atom stereocenters. The van der Waals surface area contributed by atoms with Crippen molar-refractivity contribution in [2.24, 2.45) is 0 Å². The van der Waals surface area contributed by atoms with Gasteiger partial charge in [-0.2, -0.15) is 0 Å². The van der Waals surface area contributed by atoms with Gasteiger partial charge in [0, 0.05) is 49.8 Å². The number of piperazine rings is 1. The van der Waals surface area contributed by atoms with Crippen LogP contribution in [0.15, 0.2) is 60.8 Å². The van der Waals surface area contributed by atoms with Crippen molar-refractivity contribution >= 4 is 16.8 Å². The first-order valence-corrected chi connectivity index (χ1v) is 8.88. The molecule has 0 spiro atoms. The average Bonchev–Trinajstić information content (AvgIpc) is 3.06. The summed E-state index contributed by atoms with van der Waals surface area (Å²) in [7, 11) is 0. The van der Waals surface area contributed by atoms with Gasteiger partial charge in [-0.05, 0) is 17.2 Å². The Balaban J connectivity index is 1.33. The van der Waals surface area contributed by atoms with Gasteiger partial charge in [-0.15, -0.1) is 0 Å². The first-order valence-electron chi connectivity index (χ1n) is 8.88. The molecule has 0 atom stereocenters. The van der Waals surface area contributed by atoms with Gasteiger partial charge >= 0.3 is 0 Å². The van der Waals surface area contributed by atoms with Gasteiger partial charge in [-0.1, -0.05) is 48.5 Å². The van der Waals surface area contributed by atoms with Crippen molar-refractivity contribution in [1.82, 2.24) is 14.8 Å². The molecule has 1 aliphatic heterocycles. The number of aromatic nitrogens is 1. The third-order valence-electron chi connectivity index (χ3n) is 4.99. The highest BCUT2D eigenvalue weighted by Crippen LogP contribution is 2.19. The molecule has 0 aliphatic carbocycles.